The van der Waals surface area contributed by atoms with E-state index in [1.54, 1.807) is 6.07 Å². The van der Waals surface area contributed by atoms with Crippen molar-refractivity contribution in [3.8, 4) is 0 Å². The molecule has 152 valence electrons. The van der Waals surface area contributed by atoms with Crippen LogP contribution in [0.1, 0.15) is 18.4 Å². The van der Waals surface area contributed by atoms with E-state index >= 15 is 0 Å². The molecule has 1 aliphatic rings. The quantitative estimate of drug-likeness (QED) is 0.676. The Labute approximate surface area is 161 Å². The average Bonchev–Trinajstić information content (AvgIpc) is 3.20. The van der Waals surface area contributed by atoms with Gasteiger partial charge in [0.2, 0.25) is 10.0 Å². The van der Waals surface area contributed by atoms with Crippen LogP contribution in [-0.4, -0.2) is 44.6 Å². The minimum Gasteiger partial charge on any atom is -0.369 e. The molecule has 0 amide bonds. The summed E-state index contributed by atoms with van der Waals surface area (Å²) in [5, 5.41) is 3.01. The molecule has 28 heavy (non-hydrogen) atoms. The highest BCUT2D eigenvalue weighted by molar-refractivity contribution is 7.89. The second-order valence-electron chi connectivity index (χ2n) is 6.30. The van der Waals surface area contributed by atoms with Crippen molar-refractivity contribution in [3.05, 3.63) is 42.2 Å². The normalized spacial score (nSPS) is 15.0. The summed E-state index contributed by atoms with van der Waals surface area (Å²) in [6, 6.07) is 5.16. The van der Waals surface area contributed by atoms with Crippen LogP contribution in [0.25, 0.3) is 0 Å². The smallest absolute Gasteiger partial charge is 0.369 e. The fourth-order valence-corrected chi connectivity index (χ4v) is 3.88. The number of sulfonamides is 1. The predicted molar refractivity (Wildman–Crippen MR) is 98.6 cm³/mol. The molecule has 3 rings (SSSR count). The van der Waals surface area contributed by atoms with Gasteiger partial charge in [0.25, 0.3) is 0 Å². The van der Waals surface area contributed by atoms with Crippen molar-refractivity contribution in [1.29, 1.82) is 0 Å². The molecule has 0 aliphatic carbocycles. The van der Waals surface area contributed by atoms with Crippen LogP contribution in [0.3, 0.4) is 0 Å². The second kappa shape index (κ2) is 8.31. The van der Waals surface area contributed by atoms with Crippen LogP contribution in [0.5, 0.6) is 0 Å². The number of anilines is 2. The zero-order chi connectivity index (χ0) is 20.2. The third kappa shape index (κ3) is 5.10. The molecule has 0 atom stereocenters. The van der Waals surface area contributed by atoms with Crippen molar-refractivity contribution >= 4 is 21.7 Å². The lowest BCUT2D eigenvalue weighted by molar-refractivity contribution is -0.137. The summed E-state index contributed by atoms with van der Waals surface area (Å²) in [7, 11) is -3.90. The summed E-state index contributed by atoms with van der Waals surface area (Å²) < 4.78 is 64.4. The van der Waals surface area contributed by atoms with Gasteiger partial charge in [0.1, 0.15) is 18.0 Å². The van der Waals surface area contributed by atoms with Crippen molar-refractivity contribution in [1.82, 2.24) is 14.7 Å². The standard InChI is InChI=1S/C17H20F3N5O2S/c18-17(19,20)13-3-5-14(6-4-13)28(26,27)24-8-7-21-15-11-16(23-12-22-15)25-9-1-2-10-25/h3-6,11-12,24H,1-2,7-10H2,(H,21,22,23). The molecule has 0 radical (unpaired) electrons. The summed E-state index contributed by atoms with van der Waals surface area (Å²) in [5.74, 6) is 1.39. The topological polar surface area (TPSA) is 87.2 Å². The van der Waals surface area contributed by atoms with Gasteiger partial charge in [0.05, 0.1) is 10.5 Å². The molecular formula is C17H20F3N5O2S. The molecule has 7 nitrogen and oxygen atoms in total. The number of benzene rings is 1. The first-order chi connectivity index (χ1) is 13.3. The van der Waals surface area contributed by atoms with Crippen molar-refractivity contribution in [2.24, 2.45) is 0 Å². The van der Waals surface area contributed by atoms with Gasteiger partial charge in [-0.2, -0.15) is 13.2 Å². The number of nitrogens with zero attached hydrogens (tertiary/aromatic N) is 3. The molecule has 11 heteroatoms. The maximum Gasteiger partial charge on any atom is 0.416 e. The highest BCUT2D eigenvalue weighted by Gasteiger charge is 2.30. The van der Waals surface area contributed by atoms with Crippen LogP contribution < -0.4 is 14.9 Å². The van der Waals surface area contributed by atoms with Crippen LogP contribution in [0.15, 0.2) is 41.6 Å². The molecule has 1 aliphatic heterocycles. The first kappa shape index (κ1) is 20.3. The van der Waals surface area contributed by atoms with Crippen molar-refractivity contribution in [2.45, 2.75) is 23.9 Å². The van der Waals surface area contributed by atoms with E-state index in [-0.39, 0.29) is 18.0 Å². The van der Waals surface area contributed by atoms with Crippen molar-refractivity contribution in [2.75, 3.05) is 36.4 Å². The maximum absolute atomic E-state index is 12.6. The average molecular weight is 415 g/mol. The molecule has 1 aromatic heterocycles. The Hall–Kier alpha value is -2.40. The first-order valence-electron chi connectivity index (χ1n) is 8.73. The number of rotatable bonds is 7. The molecule has 1 fully saturated rings. The number of hydrogen-bond donors (Lipinski definition) is 2. The lowest BCUT2D eigenvalue weighted by Crippen LogP contribution is -2.29. The molecular weight excluding hydrogens is 395 g/mol. The van der Waals surface area contributed by atoms with E-state index in [1.807, 2.05) is 0 Å². The van der Waals surface area contributed by atoms with Gasteiger partial charge in [-0.1, -0.05) is 0 Å². The Kier molecular flexibility index (Phi) is 6.04. The van der Waals surface area contributed by atoms with Gasteiger partial charge in [0.15, 0.2) is 0 Å². The van der Waals surface area contributed by atoms with Gasteiger partial charge >= 0.3 is 6.18 Å². The molecule has 2 N–H and O–H groups in total. The Balaban J connectivity index is 1.52. The van der Waals surface area contributed by atoms with E-state index in [0.29, 0.717) is 5.82 Å². The van der Waals surface area contributed by atoms with Crippen LogP contribution in [-0.2, 0) is 16.2 Å². The summed E-state index contributed by atoms with van der Waals surface area (Å²) in [6.07, 6.45) is -0.815. The fraction of sp³-hybridized carbons (Fsp3) is 0.412. The second-order valence-corrected chi connectivity index (χ2v) is 8.07. The number of nitrogens with one attached hydrogen (secondary N) is 2. The predicted octanol–water partition coefficient (Wildman–Crippen LogP) is 2.49. The van der Waals surface area contributed by atoms with E-state index in [2.05, 4.69) is 24.9 Å². The molecule has 1 aromatic carbocycles. The molecule has 0 spiro atoms. The number of aromatic nitrogens is 2. The minimum absolute atomic E-state index is 0.0480. The third-order valence-corrected chi connectivity index (χ3v) is 5.77. The molecule has 2 aromatic rings. The summed E-state index contributed by atoms with van der Waals surface area (Å²) in [5.41, 5.74) is -0.898. The minimum atomic E-state index is -4.51. The molecule has 0 bridgehead atoms. The van der Waals surface area contributed by atoms with Gasteiger partial charge in [-0.15, -0.1) is 0 Å². The number of halogens is 3. The SMILES string of the molecule is O=S(=O)(NCCNc1cc(N2CCCC2)ncn1)c1ccc(C(F)(F)F)cc1. The largest absolute Gasteiger partial charge is 0.416 e. The summed E-state index contributed by atoms with van der Waals surface area (Å²) >= 11 is 0. The van der Waals surface area contributed by atoms with E-state index in [9.17, 15) is 21.6 Å². The molecule has 0 unspecified atom stereocenters. The highest BCUT2D eigenvalue weighted by atomic mass is 32.2. The van der Waals surface area contributed by atoms with Crippen LogP contribution in [0.4, 0.5) is 24.8 Å². The molecule has 1 saturated heterocycles. The Morgan fingerprint density at radius 1 is 1.04 bits per heavy atom. The van der Waals surface area contributed by atoms with Crippen LogP contribution in [0.2, 0.25) is 0 Å². The van der Waals surface area contributed by atoms with Crippen molar-refractivity contribution in [3.63, 3.8) is 0 Å². The fourth-order valence-electron chi connectivity index (χ4n) is 2.85. The molecule has 0 saturated carbocycles. The van der Waals surface area contributed by atoms with Gasteiger partial charge in [-0.25, -0.2) is 23.1 Å². The monoisotopic (exact) mass is 415 g/mol. The Bertz CT molecular complexity index is 898. The molecule has 2 heterocycles. The zero-order valence-electron chi connectivity index (χ0n) is 14.9. The Morgan fingerprint density at radius 2 is 1.71 bits per heavy atom. The van der Waals surface area contributed by atoms with Gasteiger partial charge in [-0.3, -0.25) is 0 Å². The van der Waals surface area contributed by atoms with E-state index in [0.717, 1.165) is 56.0 Å². The highest BCUT2D eigenvalue weighted by Crippen LogP contribution is 2.29. The maximum atomic E-state index is 12.6. The van der Waals surface area contributed by atoms with Gasteiger partial charge < -0.3 is 10.2 Å². The lowest BCUT2D eigenvalue weighted by atomic mass is 10.2. The van der Waals surface area contributed by atoms with Crippen LogP contribution in [0, 0.1) is 0 Å². The number of alkyl halides is 3. The lowest BCUT2D eigenvalue weighted by Gasteiger charge is -2.16. The van der Waals surface area contributed by atoms with Crippen LogP contribution >= 0.6 is 0 Å². The van der Waals surface area contributed by atoms with E-state index < -0.39 is 21.8 Å². The van der Waals surface area contributed by atoms with E-state index in [4.69, 9.17) is 0 Å². The first-order valence-corrected chi connectivity index (χ1v) is 10.2. The van der Waals surface area contributed by atoms with Gasteiger partial charge in [0, 0.05) is 32.2 Å². The number of hydrogen-bond acceptors (Lipinski definition) is 6. The third-order valence-electron chi connectivity index (χ3n) is 4.30. The zero-order valence-corrected chi connectivity index (χ0v) is 15.7. The van der Waals surface area contributed by atoms with Crippen molar-refractivity contribution < 1.29 is 21.6 Å². The van der Waals surface area contributed by atoms with E-state index in [1.165, 1.54) is 6.33 Å². The van der Waals surface area contributed by atoms with Gasteiger partial charge in [-0.05, 0) is 37.1 Å². The summed E-state index contributed by atoms with van der Waals surface area (Å²) in [4.78, 5) is 10.3. The summed E-state index contributed by atoms with van der Waals surface area (Å²) in [6.45, 7) is 2.20. The Morgan fingerprint density at radius 3 is 2.36 bits per heavy atom.